The SMILES string of the molecule is Cn1c(=O)n(C2CCC(=O)NC2=O)c2cccc(C3=CCN(CC4CCC(n5cc6cc(NC(=O)c7cccc(C(F)(F)F)n7)ccc6n5)CC4)CC3F)c21. The van der Waals surface area contributed by atoms with Gasteiger partial charge >= 0.3 is 11.9 Å². The Bertz CT molecular complexity index is 2420. The molecule has 16 heteroatoms. The van der Waals surface area contributed by atoms with Crippen LogP contribution in [0.5, 0.6) is 0 Å². The van der Waals surface area contributed by atoms with Crippen molar-refractivity contribution in [3.8, 4) is 0 Å². The minimum absolute atomic E-state index is 0.134. The minimum Gasteiger partial charge on any atom is -0.321 e. The lowest BCUT2D eigenvalue weighted by Gasteiger charge is -2.35. The van der Waals surface area contributed by atoms with Crippen molar-refractivity contribution in [2.75, 3.05) is 25.0 Å². The highest BCUT2D eigenvalue weighted by molar-refractivity contribution is 6.04. The Hall–Kier alpha value is -5.64. The number of carbonyl (C=O) groups is 3. The molecule has 0 spiro atoms. The zero-order valence-corrected chi connectivity index (χ0v) is 29.9. The lowest BCUT2D eigenvalue weighted by molar-refractivity contribution is -0.141. The van der Waals surface area contributed by atoms with Gasteiger partial charge < -0.3 is 5.32 Å². The maximum Gasteiger partial charge on any atom is 0.433 e. The fourth-order valence-electron chi connectivity index (χ4n) is 8.26. The van der Waals surface area contributed by atoms with Gasteiger partial charge in [0.1, 0.15) is 23.6 Å². The van der Waals surface area contributed by atoms with Gasteiger partial charge in [0.2, 0.25) is 11.8 Å². The van der Waals surface area contributed by atoms with E-state index in [-0.39, 0.29) is 37.0 Å². The summed E-state index contributed by atoms with van der Waals surface area (Å²) in [7, 11) is 1.62. The molecule has 1 aliphatic carbocycles. The standard InChI is InChI=1S/C39H38F4N8O4/c1-48-35-27(4-2-6-31(35)51(38(48)55)32-14-15-34(52)46-37(32)54)26-16-17-49(21-28(26)40)19-22-8-11-25(12-9-22)50-20-23-18-24(10-13-29(23)47-50)44-36(53)30-5-3-7-33(45-30)39(41,42)43/h2-7,10,13,16,18,20,22,25,28,32H,8-9,11-12,14-15,17,19,21H2,1H3,(H,44,53)(H,46,52,54). The van der Waals surface area contributed by atoms with Crippen LogP contribution >= 0.6 is 0 Å². The van der Waals surface area contributed by atoms with Crippen LogP contribution in [0, 0.1) is 5.92 Å². The van der Waals surface area contributed by atoms with Crippen LogP contribution in [-0.2, 0) is 22.8 Å². The van der Waals surface area contributed by atoms with Gasteiger partial charge in [0.05, 0.1) is 22.6 Å². The van der Waals surface area contributed by atoms with E-state index in [4.69, 9.17) is 5.10 Å². The number of alkyl halides is 4. The number of aryl methyl sites for hydroxylation is 1. The molecule has 0 bridgehead atoms. The topological polar surface area (TPSA) is 136 Å². The summed E-state index contributed by atoms with van der Waals surface area (Å²) in [5.74, 6) is -1.26. The van der Waals surface area contributed by atoms with E-state index in [9.17, 15) is 32.3 Å². The molecule has 2 unspecified atom stereocenters. The van der Waals surface area contributed by atoms with E-state index in [1.807, 2.05) is 17.0 Å². The fourth-order valence-corrected chi connectivity index (χ4v) is 8.26. The molecule has 5 heterocycles. The van der Waals surface area contributed by atoms with Crippen molar-refractivity contribution < 1.29 is 31.9 Å². The number of imidazole rings is 1. The third kappa shape index (κ3) is 7.06. The number of amides is 3. The van der Waals surface area contributed by atoms with Crippen LogP contribution in [0.2, 0.25) is 0 Å². The summed E-state index contributed by atoms with van der Waals surface area (Å²) in [5, 5.41) is 10.5. The van der Waals surface area contributed by atoms with E-state index in [0.29, 0.717) is 40.3 Å². The predicted octanol–water partition coefficient (Wildman–Crippen LogP) is 5.80. The van der Waals surface area contributed by atoms with E-state index in [2.05, 4.69) is 20.5 Å². The van der Waals surface area contributed by atoms with Gasteiger partial charge in [-0.1, -0.05) is 24.3 Å². The summed E-state index contributed by atoms with van der Waals surface area (Å²) in [5.41, 5.74) is 1.48. The smallest absolute Gasteiger partial charge is 0.321 e. The van der Waals surface area contributed by atoms with Gasteiger partial charge in [-0.15, -0.1) is 0 Å². The number of benzene rings is 2. The molecule has 286 valence electrons. The number of anilines is 1. The second-order valence-electron chi connectivity index (χ2n) is 14.6. The fraction of sp³-hybridized carbons (Fsp3) is 0.385. The molecule has 2 fully saturated rings. The summed E-state index contributed by atoms with van der Waals surface area (Å²) in [6, 6.07) is 13.0. The lowest BCUT2D eigenvalue weighted by Crippen LogP contribution is -2.44. The Balaban J connectivity index is 0.894. The summed E-state index contributed by atoms with van der Waals surface area (Å²) < 4.78 is 60.0. The molecule has 8 rings (SSSR count). The molecule has 2 N–H and O–H groups in total. The monoisotopic (exact) mass is 758 g/mol. The first-order valence-electron chi connectivity index (χ1n) is 18.3. The van der Waals surface area contributed by atoms with Gasteiger partial charge in [-0.3, -0.25) is 38.4 Å². The molecule has 12 nitrogen and oxygen atoms in total. The van der Waals surface area contributed by atoms with Crippen LogP contribution in [0.15, 0.2) is 71.7 Å². The van der Waals surface area contributed by atoms with Crippen molar-refractivity contribution in [1.29, 1.82) is 0 Å². The molecule has 1 saturated carbocycles. The Morgan fingerprint density at radius 1 is 1.00 bits per heavy atom. The van der Waals surface area contributed by atoms with Crippen molar-refractivity contribution in [2.24, 2.45) is 13.0 Å². The Morgan fingerprint density at radius 3 is 2.53 bits per heavy atom. The van der Waals surface area contributed by atoms with Gasteiger partial charge in [0.15, 0.2) is 0 Å². The first-order valence-corrected chi connectivity index (χ1v) is 18.3. The number of hydrogen-bond acceptors (Lipinski definition) is 7. The zero-order chi connectivity index (χ0) is 38.6. The highest BCUT2D eigenvalue weighted by atomic mass is 19.4. The number of pyridine rings is 1. The average molecular weight is 759 g/mol. The average Bonchev–Trinajstić information content (AvgIpc) is 3.69. The maximum absolute atomic E-state index is 16.0. The minimum atomic E-state index is -4.66. The van der Waals surface area contributed by atoms with E-state index in [0.717, 1.165) is 55.3 Å². The number of nitrogens with zero attached hydrogens (tertiary/aromatic N) is 6. The molecule has 2 atom stereocenters. The van der Waals surface area contributed by atoms with Crippen molar-refractivity contribution in [3.63, 3.8) is 0 Å². The molecule has 3 amide bonds. The van der Waals surface area contributed by atoms with Crippen molar-refractivity contribution in [2.45, 2.75) is 63.0 Å². The number of fused-ring (bicyclic) bond motifs is 2. The van der Waals surface area contributed by atoms with Crippen LogP contribution < -0.4 is 16.3 Å². The number of imide groups is 1. The quantitative estimate of drug-likeness (QED) is 0.158. The first kappa shape index (κ1) is 36.3. The number of rotatable bonds is 7. The van der Waals surface area contributed by atoms with E-state index < -0.39 is 41.6 Å². The molecular formula is C39H38F4N8O4. The van der Waals surface area contributed by atoms with Crippen molar-refractivity contribution in [3.05, 3.63) is 94.3 Å². The van der Waals surface area contributed by atoms with Crippen LogP contribution in [0.25, 0.3) is 27.5 Å². The van der Waals surface area contributed by atoms with Gasteiger partial charge in [-0.2, -0.15) is 18.3 Å². The number of piperidine rings is 1. The third-order valence-corrected chi connectivity index (χ3v) is 11.0. The summed E-state index contributed by atoms with van der Waals surface area (Å²) in [4.78, 5) is 56.0. The highest BCUT2D eigenvalue weighted by Crippen LogP contribution is 2.36. The van der Waals surface area contributed by atoms with Crippen LogP contribution in [0.4, 0.5) is 23.2 Å². The summed E-state index contributed by atoms with van der Waals surface area (Å²) >= 11 is 0. The van der Waals surface area contributed by atoms with Crippen LogP contribution in [-0.4, -0.2) is 72.3 Å². The zero-order valence-electron chi connectivity index (χ0n) is 29.9. The van der Waals surface area contributed by atoms with E-state index in [1.54, 1.807) is 43.4 Å². The molecule has 2 aromatic carbocycles. The number of hydrogen-bond donors (Lipinski definition) is 2. The maximum atomic E-state index is 16.0. The Kier molecular flexibility index (Phi) is 9.39. The molecule has 5 aromatic rings. The number of aromatic nitrogens is 5. The van der Waals surface area contributed by atoms with Crippen LogP contribution in [0.1, 0.15) is 72.4 Å². The third-order valence-electron chi connectivity index (χ3n) is 11.0. The second kappa shape index (κ2) is 14.2. The molecular weight excluding hydrogens is 720 g/mol. The first-order chi connectivity index (χ1) is 26.3. The molecule has 0 radical (unpaired) electrons. The Labute approximate surface area is 311 Å². The number of halogens is 4. The van der Waals surface area contributed by atoms with Crippen molar-refractivity contribution in [1.82, 2.24) is 34.1 Å². The van der Waals surface area contributed by atoms with E-state index >= 15 is 4.39 Å². The van der Waals surface area contributed by atoms with E-state index in [1.165, 1.54) is 15.2 Å². The van der Waals surface area contributed by atoms with Gasteiger partial charge in [0, 0.05) is 55.9 Å². The summed E-state index contributed by atoms with van der Waals surface area (Å²) in [6.45, 7) is 1.52. The predicted molar refractivity (Wildman–Crippen MR) is 196 cm³/mol. The number of para-hydroxylation sites is 1. The molecule has 3 aromatic heterocycles. The number of nitrogens with one attached hydrogen (secondary N) is 2. The van der Waals surface area contributed by atoms with Gasteiger partial charge in [-0.25, -0.2) is 14.2 Å². The molecule has 1 saturated heterocycles. The normalized spacial score (nSPS) is 22.5. The number of carbonyl (C=O) groups excluding carboxylic acids is 3. The molecule has 55 heavy (non-hydrogen) atoms. The summed E-state index contributed by atoms with van der Waals surface area (Å²) in [6.07, 6.45) is 1.87. The highest BCUT2D eigenvalue weighted by Gasteiger charge is 2.35. The van der Waals surface area contributed by atoms with Gasteiger partial charge in [-0.05, 0) is 80.0 Å². The van der Waals surface area contributed by atoms with Gasteiger partial charge in [0.25, 0.3) is 5.91 Å². The lowest BCUT2D eigenvalue weighted by atomic mass is 9.85. The van der Waals surface area contributed by atoms with Crippen molar-refractivity contribution >= 4 is 50.9 Å². The Morgan fingerprint density at radius 2 is 1.78 bits per heavy atom. The van der Waals surface area contributed by atoms with Crippen LogP contribution in [0.3, 0.4) is 0 Å². The molecule has 2 aliphatic heterocycles. The molecule has 3 aliphatic rings. The second-order valence-corrected chi connectivity index (χ2v) is 14.6. The largest absolute Gasteiger partial charge is 0.433 e.